The zero-order chi connectivity index (χ0) is 10.1. The molecule has 0 fully saturated rings. The van der Waals surface area contributed by atoms with E-state index >= 15 is 0 Å². The Morgan fingerprint density at radius 1 is 1.64 bits per heavy atom. The fourth-order valence-electron chi connectivity index (χ4n) is 1.59. The van der Waals surface area contributed by atoms with Gasteiger partial charge in [0.15, 0.2) is 0 Å². The van der Waals surface area contributed by atoms with E-state index < -0.39 is 0 Å². The zero-order valence-electron chi connectivity index (χ0n) is 7.94. The van der Waals surface area contributed by atoms with Gasteiger partial charge in [0.25, 0.3) is 0 Å². The Hall–Kier alpha value is -0.870. The lowest BCUT2D eigenvalue weighted by atomic mass is 10.1. The smallest absolute Gasteiger partial charge is 0.132 e. The first kappa shape index (κ1) is 9.68. The molecule has 0 aliphatic carbocycles. The molecule has 2 aromatic rings. The first-order valence-electron chi connectivity index (χ1n) is 4.54. The van der Waals surface area contributed by atoms with Gasteiger partial charge in [-0.25, -0.2) is 4.98 Å². The molecule has 0 aliphatic heterocycles. The Labute approximate surface area is 91.1 Å². The fourth-order valence-corrected chi connectivity index (χ4v) is 2.14. The van der Waals surface area contributed by atoms with Gasteiger partial charge in [-0.05, 0) is 40.9 Å². The molecule has 1 atom stereocenters. The molecule has 4 heteroatoms. The summed E-state index contributed by atoms with van der Waals surface area (Å²) in [6.07, 6.45) is 4.65. The average Bonchev–Trinajstić information content (AvgIpc) is 2.48. The predicted molar refractivity (Wildman–Crippen MR) is 60.2 cm³/mol. The monoisotopic (exact) mass is 253 g/mol. The van der Waals surface area contributed by atoms with Crippen LogP contribution in [0.15, 0.2) is 29.3 Å². The average molecular weight is 254 g/mol. The molecule has 3 nitrogen and oxygen atoms in total. The van der Waals surface area contributed by atoms with Gasteiger partial charge in [-0.3, -0.25) is 0 Å². The molecule has 0 spiro atoms. The molecule has 0 amide bonds. The van der Waals surface area contributed by atoms with Crippen molar-refractivity contribution in [2.75, 3.05) is 0 Å². The standard InChI is InChI=1S/C10H12BrN3/c1-7(12)5-8-3-2-4-14-6-13-10(11)9(8)14/h2-4,6-7H,5,12H2,1H3. The van der Waals surface area contributed by atoms with Crippen molar-refractivity contribution < 1.29 is 0 Å². The van der Waals surface area contributed by atoms with E-state index in [0.29, 0.717) is 0 Å². The van der Waals surface area contributed by atoms with Gasteiger partial charge in [0.2, 0.25) is 0 Å². The van der Waals surface area contributed by atoms with E-state index in [1.165, 1.54) is 5.56 Å². The third-order valence-corrected chi connectivity index (χ3v) is 2.72. The SMILES string of the molecule is CC(N)Cc1cccn2cnc(Br)c12. The first-order chi connectivity index (χ1) is 6.68. The molecule has 2 rings (SSSR count). The molecular weight excluding hydrogens is 242 g/mol. The predicted octanol–water partition coefficient (Wildman–Crippen LogP) is 1.99. The number of rotatable bonds is 2. The van der Waals surface area contributed by atoms with Gasteiger partial charge in [0.05, 0.1) is 5.52 Å². The zero-order valence-corrected chi connectivity index (χ0v) is 9.53. The van der Waals surface area contributed by atoms with Crippen LogP contribution in [0.1, 0.15) is 12.5 Å². The summed E-state index contributed by atoms with van der Waals surface area (Å²) in [7, 11) is 0. The maximum atomic E-state index is 5.79. The molecule has 2 heterocycles. The summed E-state index contributed by atoms with van der Waals surface area (Å²) >= 11 is 3.43. The van der Waals surface area contributed by atoms with E-state index in [-0.39, 0.29) is 6.04 Å². The number of halogens is 1. The Morgan fingerprint density at radius 2 is 2.43 bits per heavy atom. The summed E-state index contributed by atoms with van der Waals surface area (Å²) < 4.78 is 2.88. The molecule has 74 valence electrons. The summed E-state index contributed by atoms with van der Waals surface area (Å²) in [5.41, 5.74) is 8.13. The lowest BCUT2D eigenvalue weighted by molar-refractivity contribution is 0.739. The van der Waals surface area contributed by atoms with E-state index in [0.717, 1.165) is 16.5 Å². The van der Waals surface area contributed by atoms with Gasteiger partial charge >= 0.3 is 0 Å². The van der Waals surface area contributed by atoms with Crippen LogP contribution in [0.25, 0.3) is 5.52 Å². The lowest BCUT2D eigenvalue weighted by Gasteiger charge is -2.07. The summed E-state index contributed by atoms with van der Waals surface area (Å²) in [6.45, 7) is 2.01. The van der Waals surface area contributed by atoms with Crippen molar-refractivity contribution >= 4 is 21.4 Å². The summed E-state index contributed by atoms with van der Waals surface area (Å²) in [5, 5.41) is 0. The second-order valence-corrected chi connectivity index (χ2v) is 4.26. The Balaban J connectivity index is 2.57. The number of hydrogen-bond donors (Lipinski definition) is 1. The molecule has 1 unspecified atom stereocenters. The number of nitrogens with two attached hydrogens (primary N) is 1. The molecule has 0 saturated heterocycles. The van der Waals surface area contributed by atoms with E-state index in [1.807, 2.05) is 23.6 Å². The topological polar surface area (TPSA) is 43.3 Å². The molecular formula is C10H12BrN3. The van der Waals surface area contributed by atoms with Crippen LogP contribution in [0.4, 0.5) is 0 Å². The summed E-state index contributed by atoms with van der Waals surface area (Å²) in [5.74, 6) is 0. The van der Waals surface area contributed by atoms with Crippen LogP contribution in [0.3, 0.4) is 0 Å². The number of aromatic nitrogens is 2. The quantitative estimate of drug-likeness (QED) is 0.890. The van der Waals surface area contributed by atoms with Gasteiger partial charge in [-0.2, -0.15) is 0 Å². The van der Waals surface area contributed by atoms with Crippen molar-refractivity contribution in [1.82, 2.24) is 9.38 Å². The van der Waals surface area contributed by atoms with Crippen LogP contribution in [0.2, 0.25) is 0 Å². The number of fused-ring (bicyclic) bond motifs is 1. The number of pyridine rings is 1. The minimum absolute atomic E-state index is 0.169. The molecule has 0 bridgehead atoms. The normalized spacial score (nSPS) is 13.4. The molecule has 2 aromatic heterocycles. The molecule has 0 aromatic carbocycles. The van der Waals surface area contributed by atoms with Crippen molar-refractivity contribution in [3.8, 4) is 0 Å². The van der Waals surface area contributed by atoms with Gasteiger partial charge in [0.1, 0.15) is 10.9 Å². The van der Waals surface area contributed by atoms with Crippen LogP contribution in [0.5, 0.6) is 0 Å². The van der Waals surface area contributed by atoms with Gasteiger partial charge in [-0.1, -0.05) is 6.07 Å². The maximum Gasteiger partial charge on any atom is 0.132 e. The lowest BCUT2D eigenvalue weighted by Crippen LogP contribution is -2.18. The van der Waals surface area contributed by atoms with Crippen molar-refractivity contribution in [2.45, 2.75) is 19.4 Å². The Morgan fingerprint density at radius 3 is 3.14 bits per heavy atom. The van der Waals surface area contributed by atoms with Crippen LogP contribution < -0.4 is 5.73 Å². The number of imidazole rings is 1. The second kappa shape index (κ2) is 3.71. The first-order valence-corrected chi connectivity index (χ1v) is 5.33. The highest BCUT2D eigenvalue weighted by Gasteiger charge is 2.07. The van der Waals surface area contributed by atoms with Crippen LogP contribution in [0, 0.1) is 0 Å². The van der Waals surface area contributed by atoms with E-state index in [9.17, 15) is 0 Å². The second-order valence-electron chi connectivity index (χ2n) is 3.51. The highest BCUT2D eigenvalue weighted by molar-refractivity contribution is 9.10. The molecule has 0 radical (unpaired) electrons. The van der Waals surface area contributed by atoms with Crippen molar-refractivity contribution in [1.29, 1.82) is 0 Å². The Kier molecular flexibility index (Phi) is 2.56. The minimum atomic E-state index is 0.169. The third-order valence-electron chi connectivity index (χ3n) is 2.14. The summed E-state index contributed by atoms with van der Waals surface area (Å²) in [4.78, 5) is 4.20. The van der Waals surface area contributed by atoms with Crippen molar-refractivity contribution in [3.05, 3.63) is 34.8 Å². The van der Waals surface area contributed by atoms with Crippen molar-refractivity contribution in [3.63, 3.8) is 0 Å². The van der Waals surface area contributed by atoms with Gasteiger partial charge < -0.3 is 10.1 Å². The van der Waals surface area contributed by atoms with Gasteiger partial charge in [0, 0.05) is 12.2 Å². The van der Waals surface area contributed by atoms with Gasteiger partial charge in [-0.15, -0.1) is 0 Å². The molecule has 14 heavy (non-hydrogen) atoms. The number of hydrogen-bond acceptors (Lipinski definition) is 2. The van der Waals surface area contributed by atoms with E-state index in [4.69, 9.17) is 5.73 Å². The fraction of sp³-hybridized carbons (Fsp3) is 0.300. The number of nitrogens with zero attached hydrogens (tertiary/aromatic N) is 2. The van der Waals surface area contributed by atoms with Crippen molar-refractivity contribution in [2.24, 2.45) is 5.73 Å². The molecule has 2 N–H and O–H groups in total. The third kappa shape index (κ3) is 1.67. The maximum absolute atomic E-state index is 5.79. The minimum Gasteiger partial charge on any atom is -0.328 e. The highest BCUT2D eigenvalue weighted by Crippen LogP contribution is 2.20. The van der Waals surface area contributed by atoms with E-state index in [1.54, 1.807) is 6.33 Å². The molecule has 0 saturated carbocycles. The van der Waals surface area contributed by atoms with Crippen LogP contribution >= 0.6 is 15.9 Å². The van der Waals surface area contributed by atoms with Crippen LogP contribution in [-0.4, -0.2) is 15.4 Å². The Bertz CT molecular complexity index is 448. The largest absolute Gasteiger partial charge is 0.328 e. The highest BCUT2D eigenvalue weighted by atomic mass is 79.9. The van der Waals surface area contributed by atoms with E-state index in [2.05, 4.69) is 27.0 Å². The molecule has 0 aliphatic rings. The van der Waals surface area contributed by atoms with Crippen LogP contribution in [-0.2, 0) is 6.42 Å². The summed E-state index contributed by atoms with van der Waals surface area (Å²) in [6, 6.07) is 4.27.